The van der Waals surface area contributed by atoms with Crippen LogP contribution in [0.2, 0.25) is 0 Å². The number of benzene rings is 2. The normalized spacial score (nSPS) is 13.9. The van der Waals surface area contributed by atoms with E-state index in [1.807, 2.05) is 35.7 Å². The first-order valence-corrected chi connectivity index (χ1v) is 12.4. The molecule has 1 aliphatic carbocycles. The molecule has 0 bridgehead atoms. The number of fused-ring (bicyclic) bond motifs is 3. The Kier molecular flexibility index (Phi) is 5.62. The van der Waals surface area contributed by atoms with Gasteiger partial charge >= 0.3 is 11.6 Å². The largest absolute Gasteiger partial charge is 0.497 e. The third kappa shape index (κ3) is 3.97. The predicted molar refractivity (Wildman–Crippen MR) is 140 cm³/mol. The highest BCUT2D eigenvalue weighted by atomic mass is 32.1. The van der Waals surface area contributed by atoms with Crippen LogP contribution in [-0.4, -0.2) is 18.1 Å². The number of esters is 1. The molecule has 2 aromatic carbocycles. The summed E-state index contributed by atoms with van der Waals surface area (Å²) in [6.07, 6.45) is 3.67. The molecule has 6 rings (SSSR count). The number of carbonyl (C=O) groups is 1. The second-order valence-corrected chi connectivity index (χ2v) is 9.52. The van der Waals surface area contributed by atoms with Crippen molar-refractivity contribution in [3.8, 4) is 5.75 Å². The van der Waals surface area contributed by atoms with Crippen molar-refractivity contribution >= 4 is 50.8 Å². The number of aromatic nitrogens is 1. The van der Waals surface area contributed by atoms with Crippen molar-refractivity contribution in [1.82, 2.24) is 4.98 Å². The van der Waals surface area contributed by atoms with Gasteiger partial charge in [-0.25, -0.2) is 14.6 Å². The van der Waals surface area contributed by atoms with E-state index in [-0.39, 0.29) is 6.61 Å². The SMILES string of the molecule is COc1ccc2c(COC(=O)c3c4c(nc5ccccc35)C(=Cc3cccs3)CC4)cc(=O)oc2c1. The van der Waals surface area contributed by atoms with Crippen molar-refractivity contribution < 1.29 is 18.7 Å². The highest BCUT2D eigenvalue weighted by Crippen LogP contribution is 2.38. The maximum absolute atomic E-state index is 13.5. The fraction of sp³-hybridized carbons (Fsp3) is 0.138. The first-order valence-electron chi connectivity index (χ1n) is 11.5. The van der Waals surface area contributed by atoms with E-state index in [2.05, 4.69) is 12.1 Å². The van der Waals surface area contributed by atoms with Gasteiger partial charge in [0.15, 0.2) is 0 Å². The summed E-state index contributed by atoms with van der Waals surface area (Å²) in [6.45, 7) is -0.0590. The lowest BCUT2D eigenvalue weighted by atomic mass is 10.0. The zero-order valence-corrected chi connectivity index (χ0v) is 20.3. The smallest absolute Gasteiger partial charge is 0.339 e. The van der Waals surface area contributed by atoms with Gasteiger partial charge < -0.3 is 13.9 Å². The van der Waals surface area contributed by atoms with Crippen LogP contribution in [0.3, 0.4) is 0 Å². The van der Waals surface area contributed by atoms with Crippen LogP contribution in [0.15, 0.2) is 75.3 Å². The Hall–Kier alpha value is -4.23. The minimum absolute atomic E-state index is 0.0590. The molecule has 0 spiro atoms. The van der Waals surface area contributed by atoms with Crippen molar-refractivity contribution in [3.63, 3.8) is 0 Å². The van der Waals surface area contributed by atoms with Crippen LogP contribution < -0.4 is 10.4 Å². The average molecular weight is 496 g/mol. The van der Waals surface area contributed by atoms with E-state index in [1.54, 1.807) is 36.6 Å². The maximum atomic E-state index is 13.5. The number of methoxy groups -OCH3 is 1. The molecule has 0 fully saturated rings. The van der Waals surface area contributed by atoms with Crippen molar-refractivity contribution in [3.05, 3.63) is 104 Å². The van der Waals surface area contributed by atoms with Crippen molar-refractivity contribution in [1.29, 1.82) is 0 Å². The number of allylic oxidation sites excluding steroid dienone is 1. The van der Waals surface area contributed by atoms with Crippen LogP contribution in [0, 0.1) is 0 Å². The Morgan fingerprint density at radius 1 is 1.08 bits per heavy atom. The Labute approximate surface area is 210 Å². The number of para-hydroxylation sites is 1. The summed E-state index contributed by atoms with van der Waals surface area (Å²) in [5.41, 5.74) is 4.61. The van der Waals surface area contributed by atoms with E-state index in [0.717, 1.165) is 39.0 Å². The van der Waals surface area contributed by atoms with Gasteiger partial charge in [0.2, 0.25) is 0 Å². The van der Waals surface area contributed by atoms with Crippen LogP contribution >= 0.6 is 11.3 Å². The Morgan fingerprint density at radius 2 is 1.97 bits per heavy atom. The molecule has 0 N–H and O–H groups in total. The third-order valence-corrected chi connectivity index (χ3v) is 7.22. The number of hydrogen-bond donors (Lipinski definition) is 0. The molecule has 0 saturated heterocycles. The zero-order valence-electron chi connectivity index (χ0n) is 19.4. The topological polar surface area (TPSA) is 78.6 Å². The molecule has 0 atom stereocenters. The molecule has 0 amide bonds. The fourth-order valence-electron chi connectivity index (χ4n) is 4.73. The summed E-state index contributed by atoms with van der Waals surface area (Å²) >= 11 is 1.67. The molecular weight excluding hydrogens is 474 g/mol. The third-order valence-electron chi connectivity index (χ3n) is 6.40. The minimum Gasteiger partial charge on any atom is -0.497 e. The summed E-state index contributed by atoms with van der Waals surface area (Å²) < 4.78 is 16.4. The Bertz CT molecular complexity index is 1720. The van der Waals surface area contributed by atoms with E-state index in [1.165, 1.54) is 6.07 Å². The number of carbonyl (C=O) groups excluding carboxylic acids is 1. The number of nitrogens with zero attached hydrogens (tertiary/aromatic N) is 1. The number of hydrogen-bond acceptors (Lipinski definition) is 7. The molecule has 36 heavy (non-hydrogen) atoms. The maximum Gasteiger partial charge on any atom is 0.339 e. The van der Waals surface area contributed by atoms with E-state index in [0.29, 0.717) is 34.3 Å². The number of thiophene rings is 1. The lowest BCUT2D eigenvalue weighted by Crippen LogP contribution is -2.11. The van der Waals surface area contributed by atoms with Gasteiger partial charge in [0.25, 0.3) is 0 Å². The molecular formula is C29H21NO5S. The monoisotopic (exact) mass is 495 g/mol. The molecule has 0 aliphatic heterocycles. The Balaban J connectivity index is 1.39. The molecule has 6 nitrogen and oxygen atoms in total. The fourth-order valence-corrected chi connectivity index (χ4v) is 5.41. The van der Waals surface area contributed by atoms with E-state index in [9.17, 15) is 9.59 Å². The molecule has 1 aliphatic rings. The van der Waals surface area contributed by atoms with Gasteiger partial charge in [-0.2, -0.15) is 0 Å². The second-order valence-electron chi connectivity index (χ2n) is 8.55. The summed E-state index contributed by atoms with van der Waals surface area (Å²) in [5, 5.41) is 3.50. The Morgan fingerprint density at radius 3 is 2.81 bits per heavy atom. The van der Waals surface area contributed by atoms with Crippen LogP contribution in [0.5, 0.6) is 5.75 Å². The molecule has 0 unspecified atom stereocenters. The van der Waals surface area contributed by atoms with Gasteiger partial charge in [-0.1, -0.05) is 24.3 Å². The van der Waals surface area contributed by atoms with Gasteiger partial charge in [-0.05, 0) is 59.7 Å². The van der Waals surface area contributed by atoms with Crippen molar-refractivity contribution in [2.45, 2.75) is 19.4 Å². The molecule has 0 saturated carbocycles. The molecule has 3 heterocycles. The summed E-state index contributed by atoms with van der Waals surface area (Å²) in [7, 11) is 1.55. The van der Waals surface area contributed by atoms with Gasteiger partial charge in [-0.3, -0.25) is 0 Å². The molecule has 3 aromatic heterocycles. The van der Waals surface area contributed by atoms with Gasteiger partial charge in [0.05, 0.1) is 23.9 Å². The standard InChI is InChI=1S/C29H21NO5S/c1-33-19-9-11-21-18(14-26(31)35-25(21)15-19)16-34-29(32)27-22-6-2-3-7-24(22)30-28-17(8-10-23(27)28)13-20-5-4-12-36-20/h2-7,9,11-15H,8,10,16H2,1H3. The van der Waals surface area contributed by atoms with Gasteiger partial charge in [0, 0.05) is 33.3 Å². The van der Waals surface area contributed by atoms with Crippen molar-refractivity contribution in [2.75, 3.05) is 7.11 Å². The summed E-state index contributed by atoms with van der Waals surface area (Å²) in [6, 6.07) is 18.3. The van der Waals surface area contributed by atoms with Crippen LogP contribution in [0.4, 0.5) is 0 Å². The highest BCUT2D eigenvalue weighted by Gasteiger charge is 2.28. The predicted octanol–water partition coefficient (Wildman–Crippen LogP) is 6.26. The van der Waals surface area contributed by atoms with Gasteiger partial charge in [0.1, 0.15) is 17.9 Å². The second kappa shape index (κ2) is 9.09. The van der Waals surface area contributed by atoms with E-state index >= 15 is 0 Å². The van der Waals surface area contributed by atoms with Crippen molar-refractivity contribution in [2.24, 2.45) is 0 Å². The minimum atomic E-state index is -0.514. The quantitative estimate of drug-likeness (QED) is 0.212. The summed E-state index contributed by atoms with van der Waals surface area (Å²) in [4.78, 5) is 31.8. The first kappa shape index (κ1) is 22.2. The van der Waals surface area contributed by atoms with Crippen LogP contribution in [0.25, 0.3) is 33.5 Å². The first-order chi connectivity index (χ1) is 17.6. The van der Waals surface area contributed by atoms with Crippen LogP contribution in [-0.2, 0) is 17.8 Å². The van der Waals surface area contributed by atoms with E-state index in [4.69, 9.17) is 18.9 Å². The molecule has 5 aromatic rings. The van der Waals surface area contributed by atoms with Gasteiger partial charge in [-0.15, -0.1) is 11.3 Å². The molecule has 7 heteroatoms. The number of rotatable bonds is 5. The zero-order chi connectivity index (χ0) is 24.6. The lowest BCUT2D eigenvalue weighted by molar-refractivity contribution is 0.0475. The molecule has 0 radical (unpaired) electrons. The van der Waals surface area contributed by atoms with Crippen LogP contribution in [0.1, 0.15) is 38.5 Å². The number of pyridine rings is 1. The lowest BCUT2D eigenvalue weighted by Gasteiger charge is -2.13. The van der Waals surface area contributed by atoms with E-state index < -0.39 is 11.6 Å². The number of ether oxygens (including phenoxy) is 2. The average Bonchev–Trinajstić information content (AvgIpc) is 3.55. The molecule has 178 valence electrons. The summed E-state index contributed by atoms with van der Waals surface area (Å²) in [5.74, 6) is 0.141. The highest BCUT2D eigenvalue weighted by molar-refractivity contribution is 7.10.